The summed E-state index contributed by atoms with van der Waals surface area (Å²) in [7, 11) is 0. The zero-order chi connectivity index (χ0) is 0. The van der Waals surface area contributed by atoms with Crippen molar-refractivity contribution in [2.75, 3.05) is 0 Å². The third-order valence-electron chi connectivity index (χ3n) is 0. The van der Waals surface area contributed by atoms with Gasteiger partial charge in [-0.05, 0) is 0 Å². The van der Waals surface area contributed by atoms with Crippen molar-refractivity contribution in [1.29, 1.82) is 0 Å². The van der Waals surface area contributed by atoms with E-state index in [9.17, 15) is 0 Å². The van der Waals surface area contributed by atoms with Crippen LogP contribution in [-0.4, -0.2) is 0 Å². The van der Waals surface area contributed by atoms with Crippen LogP contribution in [0.2, 0.25) is 0 Å². The molecule has 0 bridgehead atoms. The molecule has 28 valence electrons. The normalized spacial score (nSPS) is 0. The zero-order valence-corrected chi connectivity index (χ0v) is 9.00. The molecule has 0 atom stereocenters. The van der Waals surface area contributed by atoms with Gasteiger partial charge in [0.2, 0.25) is 0 Å². The van der Waals surface area contributed by atoms with Gasteiger partial charge in [0.25, 0.3) is 0 Å². The molecule has 0 heterocycles. The average molecular weight is 392 g/mol. The number of hydrogen-bond acceptors (Lipinski definition) is 0. The summed E-state index contributed by atoms with van der Waals surface area (Å²) in [5.41, 5.74) is 0. The molecule has 0 spiro atoms. The molecule has 0 aromatic heterocycles. The van der Waals surface area contributed by atoms with E-state index in [0.29, 0.717) is 0 Å². The Morgan fingerprint density at radius 2 is 1.00 bits per heavy atom. The Kier molecular flexibility index (Phi) is 141. The van der Waals surface area contributed by atoms with Crippen LogP contribution in [0.1, 0.15) is 0 Å². The predicted molar refractivity (Wildman–Crippen MR) is 0 cm³/mol. The third kappa shape index (κ3) is 8.82. The molecule has 4 heavy (non-hydrogen) atoms. The van der Waals surface area contributed by atoms with Crippen molar-refractivity contribution in [2.45, 2.75) is 0 Å². The fourth-order valence-electron chi connectivity index (χ4n) is 0. The van der Waals surface area contributed by atoms with Crippen molar-refractivity contribution < 1.29 is 77.9 Å². The smallest absolute Gasteiger partial charge is 0 e. The molecule has 0 aromatic rings. The molecule has 0 amide bonds. The van der Waals surface area contributed by atoms with Crippen molar-refractivity contribution >= 4 is 0 Å². The summed E-state index contributed by atoms with van der Waals surface area (Å²) in [5, 5.41) is 0. The second-order valence-corrected chi connectivity index (χ2v) is 0. The van der Waals surface area contributed by atoms with Gasteiger partial charge < -0.3 is 0 Å². The molecule has 0 aliphatic rings. The maximum Gasteiger partial charge on any atom is 0 e. The van der Waals surface area contributed by atoms with Crippen molar-refractivity contribution in [3.05, 3.63) is 0 Å². The second-order valence-electron chi connectivity index (χ2n) is 0. The van der Waals surface area contributed by atoms with Crippen LogP contribution < -0.4 is 0 Å². The van der Waals surface area contributed by atoms with E-state index in [4.69, 9.17) is 0 Å². The first-order chi connectivity index (χ1) is 0. The summed E-state index contributed by atoms with van der Waals surface area (Å²) >= 11 is 0. The largest absolute Gasteiger partial charge is 0 e. The molecule has 0 saturated heterocycles. The van der Waals surface area contributed by atoms with E-state index in [-0.39, 0.29) is 77.9 Å². The first-order valence-corrected chi connectivity index (χ1v) is 0. The minimum atomic E-state index is 0. The van der Waals surface area contributed by atoms with Gasteiger partial charge in [-0.3, -0.25) is 0 Å². The van der Waals surface area contributed by atoms with Gasteiger partial charge in [0, 0.05) is 77.9 Å². The van der Waals surface area contributed by atoms with Gasteiger partial charge in [0.15, 0.2) is 0 Å². The number of hydrogen-bond donors (Lipinski definition) is 0. The maximum atomic E-state index is 0. The van der Waals surface area contributed by atoms with E-state index in [1.165, 1.54) is 0 Å². The second kappa shape index (κ2) is 17.9. The van der Waals surface area contributed by atoms with Crippen molar-refractivity contribution in [3.8, 4) is 0 Å². The van der Waals surface area contributed by atoms with Gasteiger partial charge in [0.1, 0.15) is 0 Å². The summed E-state index contributed by atoms with van der Waals surface area (Å²) < 4.78 is 0. The van der Waals surface area contributed by atoms with Crippen molar-refractivity contribution in [2.24, 2.45) is 0 Å². The molecule has 0 aromatic carbocycles. The van der Waals surface area contributed by atoms with Gasteiger partial charge in [0.05, 0.1) is 0 Å². The van der Waals surface area contributed by atoms with Crippen molar-refractivity contribution in [1.82, 2.24) is 0 Å². The monoisotopic (exact) mass is 394 g/mol. The van der Waals surface area contributed by atoms with Crippen molar-refractivity contribution in [3.63, 3.8) is 0 Å². The Morgan fingerprint density at radius 1 is 1.00 bits per heavy atom. The number of rotatable bonds is 0. The molecular weight excluding hydrogens is 392 g/mol. The average Bonchev–Trinajstić information content (AvgIpc) is 0. The summed E-state index contributed by atoms with van der Waals surface area (Å²) in [4.78, 5) is 0. The van der Waals surface area contributed by atoms with Crippen LogP contribution in [0.3, 0.4) is 0 Å². The Balaban J connectivity index is 0. The van der Waals surface area contributed by atoms with E-state index < -0.39 is 0 Å². The first kappa shape index (κ1) is 31.6. The minimum Gasteiger partial charge on any atom is 0 e. The molecule has 0 nitrogen and oxygen atoms in total. The third-order valence-corrected chi connectivity index (χ3v) is 0. The standard InChI is InChI=1S/Cr.Cu.Mo.Ta. The summed E-state index contributed by atoms with van der Waals surface area (Å²) in [6, 6.07) is 0. The van der Waals surface area contributed by atoms with Gasteiger partial charge in [-0.2, -0.15) is 0 Å². The van der Waals surface area contributed by atoms with Crippen LogP contribution in [0.4, 0.5) is 0 Å². The van der Waals surface area contributed by atoms with Gasteiger partial charge in [-0.15, -0.1) is 0 Å². The van der Waals surface area contributed by atoms with E-state index in [1.54, 1.807) is 0 Å². The van der Waals surface area contributed by atoms with Crippen LogP contribution in [0, 0.1) is 0 Å². The predicted octanol–water partition coefficient (Wildman–Crippen LogP) is -0.0100. The molecule has 0 saturated carbocycles. The fraction of sp³-hybridized carbons (Fsp3) is 0. The quantitative estimate of drug-likeness (QED) is 0.509. The Hall–Kier alpha value is 2.48. The topological polar surface area (TPSA) is 0 Å². The van der Waals surface area contributed by atoms with Crippen LogP contribution in [0.5, 0.6) is 0 Å². The van der Waals surface area contributed by atoms with E-state index >= 15 is 0 Å². The Morgan fingerprint density at radius 3 is 1.00 bits per heavy atom. The Labute approximate surface area is 76.9 Å². The van der Waals surface area contributed by atoms with Crippen LogP contribution in [0.15, 0.2) is 0 Å². The van der Waals surface area contributed by atoms with E-state index in [1.807, 2.05) is 0 Å². The van der Waals surface area contributed by atoms with Gasteiger partial charge >= 0.3 is 0 Å². The Bertz CT molecular complexity index is 8.00. The molecule has 0 aliphatic carbocycles. The maximum absolute atomic E-state index is 0. The fourth-order valence-corrected chi connectivity index (χ4v) is 0. The summed E-state index contributed by atoms with van der Waals surface area (Å²) in [6.07, 6.45) is 0. The SMILES string of the molecule is [Cr].[Cu].[Mo].[Ta]. The molecule has 2 radical (unpaired) electrons. The molecule has 0 unspecified atom stereocenters. The minimum absolute atomic E-state index is 0. The summed E-state index contributed by atoms with van der Waals surface area (Å²) in [5.74, 6) is 0. The van der Waals surface area contributed by atoms with Crippen LogP contribution in [0.25, 0.3) is 0 Å². The van der Waals surface area contributed by atoms with E-state index in [0.717, 1.165) is 0 Å². The first-order valence-electron chi connectivity index (χ1n) is 0. The molecule has 0 rings (SSSR count). The van der Waals surface area contributed by atoms with Gasteiger partial charge in [-0.1, -0.05) is 0 Å². The summed E-state index contributed by atoms with van der Waals surface area (Å²) in [6.45, 7) is 0. The molecule has 4 heteroatoms. The van der Waals surface area contributed by atoms with E-state index in [2.05, 4.69) is 0 Å². The van der Waals surface area contributed by atoms with Crippen LogP contribution >= 0.6 is 0 Å². The molecular formula is CrCuMoTa. The zero-order valence-electron chi connectivity index (χ0n) is 1.57. The van der Waals surface area contributed by atoms with Gasteiger partial charge in [-0.25, -0.2) is 0 Å². The van der Waals surface area contributed by atoms with Crippen LogP contribution in [-0.2, 0) is 77.9 Å². The molecule has 0 N–H and O–H groups in total. The molecule has 0 fully saturated rings. The molecule has 0 aliphatic heterocycles.